The number of carboxylic acid groups (broad SMARTS) is 1. The van der Waals surface area contributed by atoms with Gasteiger partial charge in [0.25, 0.3) is 0 Å². The zero-order chi connectivity index (χ0) is 25.7. The lowest BCUT2D eigenvalue weighted by Gasteiger charge is -2.31. The lowest BCUT2D eigenvalue weighted by Crippen LogP contribution is -2.42. The van der Waals surface area contributed by atoms with Gasteiger partial charge in [0.2, 0.25) is 6.29 Å². The molecule has 2 N–H and O–H groups in total. The number of esters is 1. The van der Waals surface area contributed by atoms with Crippen LogP contribution in [0.4, 0.5) is 0 Å². The van der Waals surface area contributed by atoms with Gasteiger partial charge in [-0.05, 0) is 17.7 Å². The Bertz CT molecular complexity index is 604. The van der Waals surface area contributed by atoms with Crippen molar-refractivity contribution < 1.29 is 38.7 Å². The lowest BCUT2D eigenvalue weighted by atomic mass is 10.1. The Morgan fingerprint density at radius 2 is 1.56 bits per heavy atom. The second kappa shape index (κ2) is 21.9. The summed E-state index contributed by atoms with van der Waals surface area (Å²) in [5.41, 5.74) is 0.711. The van der Waals surface area contributed by atoms with Gasteiger partial charge in [0.05, 0.1) is 13.2 Å². The summed E-state index contributed by atoms with van der Waals surface area (Å²) in [5.74, 6) is -0.813. The Morgan fingerprint density at radius 3 is 2.03 bits per heavy atom. The lowest BCUT2D eigenvalue weighted by molar-refractivity contribution is -0.195. The zero-order valence-corrected chi connectivity index (χ0v) is 21.4. The Balaban J connectivity index is -0.000000945. The molecule has 0 aliphatic carbocycles. The summed E-state index contributed by atoms with van der Waals surface area (Å²) in [5, 5.41) is 18.8. The van der Waals surface area contributed by atoms with E-state index in [2.05, 4.69) is 0 Å². The van der Waals surface area contributed by atoms with Crippen molar-refractivity contribution in [3.05, 3.63) is 23.8 Å². The third-order valence-corrected chi connectivity index (χ3v) is 3.47. The predicted octanol–water partition coefficient (Wildman–Crippen LogP) is 5.19. The summed E-state index contributed by atoms with van der Waals surface area (Å²) in [4.78, 5) is 21.9. The van der Waals surface area contributed by atoms with Crippen molar-refractivity contribution >= 4 is 11.9 Å². The third kappa shape index (κ3) is 13.9. The molecule has 1 aromatic carbocycles. The van der Waals surface area contributed by atoms with Crippen molar-refractivity contribution in [2.24, 2.45) is 0 Å². The number of benzene rings is 1. The minimum Gasteiger partial charge on any atom is -0.493 e. The smallest absolute Gasteiger partial charge is 0.333 e. The average molecular weight is 461 g/mol. The first-order valence-corrected chi connectivity index (χ1v) is 11.4. The van der Waals surface area contributed by atoms with Gasteiger partial charge in [-0.15, -0.1) is 0 Å². The number of carbonyl (C=O) groups is 2. The molecular formula is C24H44O8. The summed E-state index contributed by atoms with van der Waals surface area (Å²) in [7, 11) is 1.45. The van der Waals surface area contributed by atoms with Gasteiger partial charge in [0.1, 0.15) is 6.61 Å². The topological polar surface area (TPSA) is 112 Å². The minimum absolute atomic E-state index is 0.0215. The van der Waals surface area contributed by atoms with Crippen LogP contribution in [0.15, 0.2) is 18.2 Å². The molecule has 3 unspecified atom stereocenters. The van der Waals surface area contributed by atoms with E-state index in [1.54, 1.807) is 18.2 Å². The molecule has 3 atom stereocenters. The molecule has 1 heterocycles. The summed E-state index contributed by atoms with van der Waals surface area (Å²) < 4.78 is 21.1. The van der Waals surface area contributed by atoms with Crippen molar-refractivity contribution in [3.63, 3.8) is 0 Å². The largest absolute Gasteiger partial charge is 0.493 e. The van der Waals surface area contributed by atoms with Crippen molar-refractivity contribution in [3.8, 4) is 11.5 Å². The molecule has 1 fully saturated rings. The van der Waals surface area contributed by atoms with E-state index < -0.39 is 30.4 Å². The van der Waals surface area contributed by atoms with Gasteiger partial charge in [-0.25, -0.2) is 4.79 Å². The number of ether oxygens (including phenoxy) is 4. The van der Waals surface area contributed by atoms with Crippen molar-refractivity contribution in [2.45, 2.75) is 100 Å². The molecule has 0 aromatic heterocycles. The first-order valence-electron chi connectivity index (χ1n) is 11.4. The fourth-order valence-corrected chi connectivity index (χ4v) is 2.32. The number of hydrogen-bond donors (Lipinski definition) is 2. The molecule has 8 heteroatoms. The number of rotatable bonds is 6. The molecule has 32 heavy (non-hydrogen) atoms. The number of aliphatic hydroxyl groups is 1. The van der Waals surface area contributed by atoms with Crippen LogP contribution in [0.5, 0.6) is 11.5 Å². The number of carboxylic acids is 1. The number of aliphatic hydroxyl groups excluding tert-OH is 1. The monoisotopic (exact) mass is 460 g/mol. The molecule has 0 amide bonds. The highest BCUT2D eigenvalue weighted by atomic mass is 16.7. The van der Waals surface area contributed by atoms with Gasteiger partial charge in [-0.2, -0.15) is 0 Å². The Labute approximate surface area is 193 Å². The minimum atomic E-state index is -1.15. The van der Waals surface area contributed by atoms with E-state index in [0.29, 0.717) is 17.1 Å². The van der Waals surface area contributed by atoms with Crippen LogP contribution < -0.4 is 9.47 Å². The molecule has 0 spiro atoms. The average Bonchev–Trinajstić information content (AvgIpc) is 2.83. The predicted molar refractivity (Wildman–Crippen MR) is 126 cm³/mol. The number of carbonyl (C=O) groups excluding carboxylic acids is 1. The van der Waals surface area contributed by atoms with Crippen LogP contribution in [0, 0.1) is 0 Å². The maximum Gasteiger partial charge on any atom is 0.333 e. The molecule has 188 valence electrons. The molecule has 8 nitrogen and oxygen atoms in total. The first-order chi connectivity index (χ1) is 15.4. The van der Waals surface area contributed by atoms with Gasteiger partial charge in [-0.1, -0.05) is 61.5 Å². The zero-order valence-electron chi connectivity index (χ0n) is 21.4. The third-order valence-electron chi connectivity index (χ3n) is 3.47. The number of methoxy groups -OCH3 is 1. The molecule has 2 rings (SSSR count). The van der Waals surface area contributed by atoms with Gasteiger partial charge < -0.3 is 29.2 Å². The van der Waals surface area contributed by atoms with Crippen LogP contribution in [0.1, 0.15) is 80.7 Å². The number of aliphatic carboxylic acids is 1. The van der Waals surface area contributed by atoms with Crippen LogP contribution in [-0.2, 0) is 25.7 Å². The van der Waals surface area contributed by atoms with Crippen LogP contribution in [0.25, 0.3) is 0 Å². The fourth-order valence-electron chi connectivity index (χ4n) is 2.32. The summed E-state index contributed by atoms with van der Waals surface area (Å²) >= 11 is 0. The summed E-state index contributed by atoms with van der Waals surface area (Å²) in [6.45, 7) is 17.4. The number of hydrogen-bond acceptors (Lipinski definition) is 7. The van der Waals surface area contributed by atoms with E-state index in [4.69, 9.17) is 24.1 Å². The highest BCUT2D eigenvalue weighted by Gasteiger charge is 2.34. The Hall–Kier alpha value is -2.32. The van der Waals surface area contributed by atoms with Crippen LogP contribution in [0.3, 0.4) is 0 Å². The summed E-state index contributed by atoms with van der Waals surface area (Å²) in [6.07, 6.45) is -2.66. The molecule has 0 saturated carbocycles. The standard InChI is InChI=1S/C16H20O8.4C2H6/c1-9(17)22-8-10-3-4-12(13(5-10)21-2)23-15-7-11(18)6-14(24-15)16(19)20;4*1-2/h3-5,11,14-15,18H,6-8H2,1-2H3,(H,19,20);4*1-2H3. The van der Waals surface area contributed by atoms with E-state index >= 15 is 0 Å². The Kier molecular flexibility index (Phi) is 23.5. The second-order valence-electron chi connectivity index (χ2n) is 5.40. The van der Waals surface area contributed by atoms with Gasteiger partial charge in [0.15, 0.2) is 17.6 Å². The van der Waals surface area contributed by atoms with Gasteiger partial charge in [0, 0.05) is 19.8 Å². The van der Waals surface area contributed by atoms with Crippen LogP contribution in [-0.4, -0.2) is 47.8 Å². The van der Waals surface area contributed by atoms with E-state index in [9.17, 15) is 14.7 Å². The van der Waals surface area contributed by atoms with E-state index in [0.717, 1.165) is 0 Å². The van der Waals surface area contributed by atoms with Gasteiger partial charge >= 0.3 is 11.9 Å². The molecule has 1 saturated heterocycles. The quantitative estimate of drug-likeness (QED) is 0.558. The highest BCUT2D eigenvalue weighted by molar-refractivity contribution is 5.72. The van der Waals surface area contributed by atoms with Crippen LogP contribution in [0.2, 0.25) is 0 Å². The molecule has 0 bridgehead atoms. The SMILES string of the molecule is CC.CC.CC.CC.COc1cc(COC(C)=O)ccc1OC1CC(O)CC(C(=O)O)O1. The normalized spacial score (nSPS) is 18.3. The maximum absolute atomic E-state index is 11.0. The summed E-state index contributed by atoms with van der Waals surface area (Å²) in [6, 6.07) is 4.94. The van der Waals surface area contributed by atoms with Gasteiger partial charge in [-0.3, -0.25) is 4.79 Å². The molecule has 1 aromatic rings. The van der Waals surface area contributed by atoms with Crippen molar-refractivity contribution in [1.82, 2.24) is 0 Å². The van der Waals surface area contributed by atoms with E-state index in [1.807, 2.05) is 55.4 Å². The second-order valence-corrected chi connectivity index (χ2v) is 5.40. The fraction of sp³-hybridized carbons (Fsp3) is 0.667. The Morgan fingerprint density at radius 1 is 1.00 bits per heavy atom. The molecular weight excluding hydrogens is 416 g/mol. The van der Waals surface area contributed by atoms with E-state index in [-0.39, 0.29) is 19.4 Å². The molecule has 1 aliphatic heterocycles. The van der Waals surface area contributed by atoms with Crippen LogP contribution >= 0.6 is 0 Å². The van der Waals surface area contributed by atoms with E-state index in [1.165, 1.54) is 14.0 Å². The van der Waals surface area contributed by atoms with Crippen molar-refractivity contribution in [1.29, 1.82) is 0 Å². The first kappa shape index (κ1) is 34.3. The molecule has 0 radical (unpaired) electrons. The maximum atomic E-state index is 11.0. The highest BCUT2D eigenvalue weighted by Crippen LogP contribution is 2.32. The van der Waals surface area contributed by atoms with Crippen molar-refractivity contribution in [2.75, 3.05) is 7.11 Å². The molecule has 1 aliphatic rings.